The van der Waals surface area contributed by atoms with Crippen molar-refractivity contribution in [3.63, 3.8) is 0 Å². The van der Waals surface area contributed by atoms with Gasteiger partial charge >= 0.3 is 0 Å². The van der Waals surface area contributed by atoms with Gasteiger partial charge in [-0.3, -0.25) is 4.79 Å². The third-order valence-corrected chi connectivity index (χ3v) is 3.84. The van der Waals surface area contributed by atoms with E-state index >= 15 is 0 Å². The van der Waals surface area contributed by atoms with Gasteiger partial charge < -0.3 is 18.9 Å². The second kappa shape index (κ2) is 6.75. The molecular formula is C16H17F2N3O4. The molecular weight excluding hydrogens is 336 g/mol. The first kappa shape index (κ1) is 17.3. The highest BCUT2D eigenvalue weighted by Gasteiger charge is 2.35. The Kier molecular flexibility index (Phi) is 4.67. The SMILES string of the molecule is COc1c(F)ccc(F)c1C(=O)N1C[C@@H](C)O[C@@H](c2nc(C)no2)C1. The quantitative estimate of drug-likeness (QED) is 0.842. The van der Waals surface area contributed by atoms with Gasteiger partial charge in [-0.05, 0) is 26.0 Å². The summed E-state index contributed by atoms with van der Waals surface area (Å²) in [6.45, 7) is 3.70. The first-order valence-electron chi connectivity index (χ1n) is 7.67. The fraction of sp³-hybridized carbons (Fsp3) is 0.438. The standard InChI is InChI=1S/C16H17F2N3O4/c1-8-6-21(7-12(24-8)15-19-9(2)20-25-15)16(22)13-10(17)4-5-11(18)14(13)23-3/h4-5,8,12H,6-7H2,1-3H3/t8-,12-/m1/s1. The number of halogens is 2. The number of aromatic nitrogens is 2. The minimum Gasteiger partial charge on any atom is -0.493 e. The van der Waals surface area contributed by atoms with E-state index in [0.717, 1.165) is 12.1 Å². The molecule has 1 aliphatic rings. The van der Waals surface area contributed by atoms with Crippen LogP contribution in [0.4, 0.5) is 8.78 Å². The summed E-state index contributed by atoms with van der Waals surface area (Å²) in [7, 11) is 1.18. The van der Waals surface area contributed by atoms with Crippen LogP contribution in [0.2, 0.25) is 0 Å². The number of morpholine rings is 1. The number of nitrogens with zero attached hydrogens (tertiary/aromatic N) is 3. The zero-order valence-corrected chi connectivity index (χ0v) is 14.0. The lowest BCUT2D eigenvalue weighted by molar-refractivity contribution is -0.0811. The fourth-order valence-corrected chi connectivity index (χ4v) is 2.79. The largest absolute Gasteiger partial charge is 0.493 e. The molecule has 0 bridgehead atoms. The van der Waals surface area contributed by atoms with E-state index in [1.54, 1.807) is 13.8 Å². The van der Waals surface area contributed by atoms with E-state index in [4.69, 9.17) is 14.0 Å². The summed E-state index contributed by atoms with van der Waals surface area (Å²) in [5.41, 5.74) is -0.447. The van der Waals surface area contributed by atoms with Crippen LogP contribution in [0.3, 0.4) is 0 Å². The maximum atomic E-state index is 14.2. The smallest absolute Gasteiger partial charge is 0.260 e. The normalized spacial score (nSPS) is 20.6. The van der Waals surface area contributed by atoms with Gasteiger partial charge in [-0.2, -0.15) is 4.98 Å². The average Bonchev–Trinajstić information content (AvgIpc) is 3.02. The zero-order chi connectivity index (χ0) is 18.1. The van der Waals surface area contributed by atoms with Crippen molar-refractivity contribution >= 4 is 5.91 Å². The van der Waals surface area contributed by atoms with E-state index in [9.17, 15) is 13.6 Å². The molecule has 0 spiro atoms. The van der Waals surface area contributed by atoms with E-state index in [2.05, 4.69) is 10.1 Å². The van der Waals surface area contributed by atoms with Gasteiger partial charge in [0.15, 0.2) is 23.5 Å². The number of benzene rings is 1. The molecule has 134 valence electrons. The molecule has 1 aliphatic heterocycles. The van der Waals surface area contributed by atoms with Crippen LogP contribution < -0.4 is 4.74 Å². The van der Waals surface area contributed by atoms with Gasteiger partial charge in [-0.25, -0.2) is 8.78 Å². The van der Waals surface area contributed by atoms with Gasteiger partial charge in [0.1, 0.15) is 11.4 Å². The summed E-state index contributed by atoms with van der Waals surface area (Å²) >= 11 is 0. The van der Waals surface area contributed by atoms with Gasteiger partial charge in [0, 0.05) is 6.54 Å². The highest BCUT2D eigenvalue weighted by Crippen LogP contribution is 2.30. The van der Waals surface area contributed by atoms with Gasteiger partial charge in [-0.15, -0.1) is 0 Å². The number of aryl methyl sites for hydroxylation is 1. The summed E-state index contributed by atoms with van der Waals surface area (Å²) in [4.78, 5) is 18.3. The number of methoxy groups -OCH3 is 1. The summed E-state index contributed by atoms with van der Waals surface area (Å²) in [6, 6.07) is 1.81. The molecule has 9 heteroatoms. The monoisotopic (exact) mass is 353 g/mol. The summed E-state index contributed by atoms with van der Waals surface area (Å²) in [6.07, 6.45) is -0.992. The Hall–Kier alpha value is -2.55. The van der Waals surface area contributed by atoms with Crippen molar-refractivity contribution in [3.05, 3.63) is 41.0 Å². The van der Waals surface area contributed by atoms with Gasteiger partial charge in [0.25, 0.3) is 11.8 Å². The Balaban J connectivity index is 1.90. The molecule has 1 aromatic heterocycles. The van der Waals surface area contributed by atoms with Gasteiger partial charge in [0.2, 0.25) is 0 Å². The number of amides is 1. The molecule has 1 aromatic carbocycles. The molecule has 0 unspecified atom stereocenters. The number of rotatable bonds is 3. The second-order valence-corrected chi connectivity index (χ2v) is 5.76. The van der Waals surface area contributed by atoms with Crippen molar-refractivity contribution in [3.8, 4) is 5.75 Å². The highest BCUT2D eigenvalue weighted by molar-refractivity contribution is 5.97. The zero-order valence-electron chi connectivity index (χ0n) is 14.0. The maximum absolute atomic E-state index is 14.2. The molecule has 0 N–H and O–H groups in total. The lowest BCUT2D eigenvalue weighted by Gasteiger charge is -2.35. The molecule has 1 amide bonds. The summed E-state index contributed by atoms with van der Waals surface area (Å²) < 4.78 is 43.7. The number of hydrogen-bond acceptors (Lipinski definition) is 6. The number of hydrogen-bond donors (Lipinski definition) is 0. The van der Waals surface area contributed by atoms with Crippen LogP contribution in [0.25, 0.3) is 0 Å². The first-order valence-corrected chi connectivity index (χ1v) is 7.67. The predicted octanol–water partition coefficient (Wildman–Crippen LogP) is 2.27. The molecule has 1 saturated heterocycles. The molecule has 2 atom stereocenters. The van der Waals surface area contributed by atoms with Crippen LogP contribution in [-0.4, -0.2) is 47.3 Å². The van der Waals surface area contributed by atoms with Crippen LogP contribution >= 0.6 is 0 Å². The number of carbonyl (C=O) groups excluding carboxylic acids is 1. The third kappa shape index (κ3) is 3.32. The lowest BCUT2D eigenvalue weighted by atomic mass is 10.1. The van der Waals surface area contributed by atoms with Crippen LogP contribution in [-0.2, 0) is 4.74 Å². The van der Waals surface area contributed by atoms with E-state index in [-0.39, 0.29) is 25.1 Å². The Morgan fingerprint density at radius 3 is 2.68 bits per heavy atom. The van der Waals surface area contributed by atoms with Crippen LogP contribution in [0.15, 0.2) is 16.7 Å². The lowest BCUT2D eigenvalue weighted by Crippen LogP contribution is -2.46. The molecule has 2 aromatic rings. The summed E-state index contributed by atoms with van der Waals surface area (Å²) in [5, 5.41) is 3.70. The van der Waals surface area contributed by atoms with Crippen LogP contribution in [0.1, 0.15) is 35.1 Å². The van der Waals surface area contributed by atoms with Crippen molar-refractivity contribution in [2.45, 2.75) is 26.1 Å². The second-order valence-electron chi connectivity index (χ2n) is 5.76. The highest BCUT2D eigenvalue weighted by atomic mass is 19.1. The summed E-state index contributed by atoms with van der Waals surface area (Å²) in [5.74, 6) is -2.11. The predicted molar refractivity (Wildman–Crippen MR) is 81.1 cm³/mol. The van der Waals surface area contributed by atoms with Crippen molar-refractivity contribution < 1.29 is 27.6 Å². The fourth-order valence-electron chi connectivity index (χ4n) is 2.79. The van der Waals surface area contributed by atoms with Crippen LogP contribution in [0, 0.1) is 18.6 Å². The van der Waals surface area contributed by atoms with Crippen LogP contribution in [0.5, 0.6) is 5.75 Å². The minimum atomic E-state index is -0.854. The average molecular weight is 353 g/mol. The molecule has 0 saturated carbocycles. The molecule has 0 radical (unpaired) electrons. The Morgan fingerprint density at radius 1 is 1.32 bits per heavy atom. The molecule has 1 fully saturated rings. The van der Waals surface area contributed by atoms with Crippen molar-refractivity contribution in [1.29, 1.82) is 0 Å². The maximum Gasteiger partial charge on any atom is 0.260 e. The Morgan fingerprint density at radius 2 is 2.04 bits per heavy atom. The molecule has 25 heavy (non-hydrogen) atoms. The molecule has 3 rings (SSSR count). The van der Waals surface area contributed by atoms with Gasteiger partial charge in [-0.1, -0.05) is 5.16 Å². The first-order chi connectivity index (χ1) is 11.9. The number of carbonyl (C=O) groups is 1. The molecule has 2 heterocycles. The molecule has 7 nitrogen and oxygen atoms in total. The van der Waals surface area contributed by atoms with Crippen molar-refractivity contribution in [2.24, 2.45) is 0 Å². The third-order valence-electron chi connectivity index (χ3n) is 3.84. The topological polar surface area (TPSA) is 77.7 Å². The van der Waals surface area contributed by atoms with E-state index in [0.29, 0.717) is 5.82 Å². The van der Waals surface area contributed by atoms with E-state index in [1.807, 2.05) is 0 Å². The van der Waals surface area contributed by atoms with E-state index in [1.165, 1.54) is 12.0 Å². The Labute approximate surface area is 142 Å². The molecule has 0 aliphatic carbocycles. The minimum absolute atomic E-state index is 0.0733. The Bertz CT molecular complexity index is 796. The number of ether oxygens (including phenoxy) is 2. The van der Waals surface area contributed by atoms with Gasteiger partial charge in [0.05, 0.1) is 19.8 Å². The van der Waals surface area contributed by atoms with E-state index < -0.39 is 35.0 Å². The van der Waals surface area contributed by atoms with Crippen molar-refractivity contribution in [1.82, 2.24) is 15.0 Å². The van der Waals surface area contributed by atoms with Crippen molar-refractivity contribution in [2.75, 3.05) is 20.2 Å².